The number of thioether (sulfide) groups is 1. The van der Waals surface area contributed by atoms with E-state index < -0.39 is 0 Å². The maximum absolute atomic E-state index is 5.86. The molecule has 0 spiro atoms. The molecule has 0 aliphatic heterocycles. The van der Waals surface area contributed by atoms with Crippen molar-refractivity contribution in [2.75, 3.05) is 12.0 Å². The Balaban J connectivity index is 1.94. The summed E-state index contributed by atoms with van der Waals surface area (Å²) in [5.74, 6) is 0.783. The SMILES string of the molecule is CCNC(=S)Nn1cnnc1SCc1ccc(Cl)cc1. The topological polar surface area (TPSA) is 54.8 Å². The van der Waals surface area contributed by atoms with Gasteiger partial charge < -0.3 is 5.32 Å². The average Bonchev–Trinajstić information content (AvgIpc) is 2.86. The van der Waals surface area contributed by atoms with Gasteiger partial charge in [-0.2, -0.15) is 0 Å². The number of halogens is 1. The first-order valence-electron chi connectivity index (χ1n) is 6.01. The second-order valence-corrected chi connectivity index (χ2v) is 5.66. The van der Waals surface area contributed by atoms with Crippen LogP contribution in [0.2, 0.25) is 5.02 Å². The first-order chi connectivity index (χ1) is 9.69. The average molecular weight is 328 g/mol. The van der Waals surface area contributed by atoms with Crippen molar-refractivity contribution in [2.45, 2.75) is 17.8 Å². The minimum Gasteiger partial charge on any atom is -0.362 e. The van der Waals surface area contributed by atoms with Crippen LogP contribution in [0.5, 0.6) is 0 Å². The molecule has 0 saturated carbocycles. The fourth-order valence-corrected chi connectivity index (χ4v) is 2.63. The largest absolute Gasteiger partial charge is 0.362 e. The van der Waals surface area contributed by atoms with E-state index in [0.717, 1.165) is 22.5 Å². The summed E-state index contributed by atoms with van der Waals surface area (Å²) in [6.07, 6.45) is 1.59. The zero-order chi connectivity index (χ0) is 14.4. The number of hydrogen-bond acceptors (Lipinski definition) is 4. The van der Waals surface area contributed by atoms with Crippen LogP contribution in [0, 0.1) is 0 Å². The van der Waals surface area contributed by atoms with Gasteiger partial charge >= 0.3 is 0 Å². The molecule has 0 radical (unpaired) electrons. The zero-order valence-corrected chi connectivity index (χ0v) is 13.2. The number of benzene rings is 1. The smallest absolute Gasteiger partial charge is 0.210 e. The van der Waals surface area contributed by atoms with E-state index in [1.54, 1.807) is 22.8 Å². The van der Waals surface area contributed by atoms with Gasteiger partial charge in [-0.3, -0.25) is 5.43 Å². The molecule has 0 aliphatic carbocycles. The summed E-state index contributed by atoms with van der Waals surface area (Å²) < 4.78 is 1.70. The number of rotatable bonds is 5. The molecule has 1 heterocycles. The lowest BCUT2D eigenvalue weighted by Crippen LogP contribution is -2.33. The lowest BCUT2D eigenvalue weighted by atomic mass is 10.2. The number of nitrogens with one attached hydrogen (secondary N) is 2. The van der Waals surface area contributed by atoms with Crippen molar-refractivity contribution in [1.82, 2.24) is 20.2 Å². The molecule has 0 saturated heterocycles. The summed E-state index contributed by atoms with van der Waals surface area (Å²) in [4.78, 5) is 0. The van der Waals surface area contributed by atoms with Gasteiger partial charge in [0.05, 0.1) is 0 Å². The van der Waals surface area contributed by atoms with E-state index in [1.807, 2.05) is 31.2 Å². The van der Waals surface area contributed by atoms with Gasteiger partial charge in [0.2, 0.25) is 5.16 Å². The van der Waals surface area contributed by atoms with Gasteiger partial charge in [0.1, 0.15) is 6.33 Å². The van der Waals surface area contributed by atoms with Crippen LogP contribution >= 0.6 is 35.6 Å². The summed E-state index contributed by atoms with van der Waals surface area (Å²) in [7, 11) is 0. The highest BCUT2D eigenvalue weighted by atomic mass is 35.5. The third kappa shape index (κ3) is 4.36. The van der Waals surface area contributed by atoms with Crippen LogP contribution in [0.25, 0.3) is 0 Å². The Bertz CT molecular complexity index is 569. The van der Waals surface area contributed by atoms with Crippen LogP contribution in [-0.2, 0) is 5.75 Å². The Kier molecular flexibility index (Phi) is 5.63. The fraction of sp³-hybridized carbons (Fsp3) is 0.250. The number of nitrogens with zero attached hydrogens (tertiary/aromatic N) is 3. The van der Waals surface area contributed by atoms with Crippen molar-refractivity contribution >= 4 is 40.7 Å². The van der Waals surface area contributed by atoms with Gasteiger partial charge in [-0.05, 0) is 36.8 Å². The Hall–Kier alpha value is -1.31. The van der Waals surface area contributed by atoms with E-state index >= 15 is 0 Å². The number of thiocarbonyl (C=S) groups is 1. The number of hydrogen-bond donors (Lipinski definition) is 2. The molecule has 8 heteroatoms. The predicted octanol–water partition coefficient (Wildman–Crippen LogP) is 2.66. The molecular formula is C12H14ClN5S2. The van der Waals surface area contributed by atoms with Gasteiger partial charge in [0, 0.05) is 17.3 Å². The minimum absolute atomic E-state index is 0.542. The van der Waals surface area contributed by atoms with Crippen LogP contribution in [0.15, 0.2) is 35.7 Å². The van der Waals surface area contributed by atoms with Crippen LogP contribution in [0.3, 0.4) is 0 Å². The summed E-state index contributed by atoms with van der Waals surface area (Å²) in [5.41, 5.74) is 4.18. The molecule has 20 heavy (non-hydrogen) atoms. The van der Waals surface area contributed by atoms with Gasteiger partial charge in [0.15, 0.2) is 5.11 Å². The summed E-state index contributed by atoms with van der Waals surface area (Å²) in [6.45, 7) is 2.75. The Morgan fingerprint density at radius 1 is 1.40 bits per heavy atom. The summed E-state index contributed by atoms with van der Waals surface area (Å²) in [6, 6.07) is 7.74. The van der Waals surface area contributed by atoms with Crippen molar-refractivity contribution in [3.8, 4) is 0 Å². The van der Waals surface area contributed by atoms with Gasteiger partial charge in [0.25, 0.3) is 0 Å². The molecule has 1 aromatic carbocycles. The van der Waals surface area contributed by atoms with Gasteiger partial charge in [-0.25, -0.2) is 4.68 Å². The highest BCUT2D eigenvalue weighted by Crippen LogP contribution is 2.20. The van der Waals surface area contributed by atoms with Crippen molar-refractivity contribution in [3.05, 3.63) is 41.2 Å². The molecule has 0 amide bonds. The molecule has 2 rings (SSSR count). The Morgan fingerprint density at radius 2 is 2.15 bits per heavy atom. The maximum Gasteiger partial charge on any atom is 0.210 e. The van der Waals surface area contributed by atoms with Gasteiger partial charge in [-0.15, -0.1) is 10.2 Å². The predicted molar refractivity (Wildman–Crippen MR) is 86.7 cm³/mol. The molecule has 0 fully saturated rings. The molecule has 0 atom stereocenters. The fourth-order valence-electron chi connectivity index (χ4n) is 1.44. The lowest BCUT2D eigenvalue weighted by Gasteiger charge is -2.10. The van der Waals surface area contributed by atoms with Crippen LogP contribution in [0.1, 0.15) is 12.5 Å². The molecule has 1 aromatic heterocycles. The molecule has 2 aromatic rings. The molecule has 2 N–H and O–H groups in total. The molecule has 106 valence electrons. The monoisotopic (exact) mass is 327 g/mol. The quantitative estimate of drug-likeness (QED) is 0.650. The second-order valence-electron chi connectivity index (χ2n) is 3.87. The van der Waals surface area contributed by atoms with Crippen molar-refractivity contribution in [1.29, 1.82) is 0 Å². The maximum atomic E-state index is 5.86. The van der Waals surface area contributed by atoms with E-state index in [1.165, 1.54) is 5.56 Å². The molecule has 0 aliphatic rings. The van der Waals surface area contributed by atoms with Crippen molar-refractivity contribution in [2.24, 2.45) is 0 Å². The Morgan fingerprint density at radius 3 is 2.85 bits per heavy atom. The molecule has 0 unspecified atom stereocenters. The van der Waals surface area contributed by atoms with E-state index in [4.69, 9.17) is 23.8 Å². The highest BCUT2D eigenvalue weighted by Gasteiger charge is 2.06. The third-order valence-corrected chi connectivity index (χ3v) is 3.86. The van der Waals surface area contributed by atoms with E-state index in [-0.39, 0.29) is 0 Å². The molecule has 5 nitrogen and oxygen atoms in total. The summed E-state index contributed by atoms with van der Waals surface area (Å²) >= 11 is 12.6. The third-order valence-electron chi connectivity index (χ3n) is 2.36. The van der Waals surface area contributed by atoms with E-state index in [9.17, 15) is 0 Å². The standard InChI is InChI=1S/C12H14ClN5S2/c1-2-14-11(19)17-18-8-15-16-12(18)20-7-9-3-5-10(13)6-4-9/h3-6,8H,2,7H2,1H3,(H2,14,17,19). The molecular weight excluding hydrogens is 314 g/mol. The van der Waals surface area contributed by atoms with E-state index in [0.29, 0.717) is 5.11 Å². The zero-order valence-electron chi connectivity index (χ0n) is 10.8. The van der Waals surface area contributed by atoms with Crippen LogP contribution in [-0.4, -0.2) is 26.5 Å². The lowest BCUT2D eigenvalue weighted by molar-refractivity contribution is 0.817. The normalized spacial score (nSPS) is 10.3. The minimum atomic E-state index is 0.542. The second kappa shape index (κ2) is 7.47. The molecule has 0 bridgehead atoms. The van der Waals surface area contributed by atoms with Crippen LogP contribution in [0.4, 0.5) is 0 Å². The first-order valence-corrected chi connectivity index (χ1v) is 7.78. The van der Waals surface area contributed by atoms with E-state index in [2.05, 4.69) is 20.9 Å². The first kappa shape index (κ1) is 15.1. The highest BCUT2D eigenvalue weighted by molar-refractivity contribution is 7.98. The Labute approximate surface area is 132 Å². The summed E-state index contributed by atoms with van der Waals surface area (Å²) in [5, 5.41) is 13.0. The number of aromatic nitrogens is 3. The van der Waals surface area contributed by atoms with Crippen LogP contribution < -0.4 is 10.7 Å². The van der Waals surface area contributed by atoms with Crippen molar-refractivity contribution in [3.63, 3.8) is 0 Å². The van der Waals surface area contributed by atoms with Gasteiger partial charge in [-0.1, -0.05) is 35.5 Å². The van der Waals surface area contributed by atoms with Crippen molar-refractivity contribution < 1.29 is 0 Å².